The molecule has 0 unspecified atom stereocenters. The predicted molar refractivity (Wildman–Crippen MR) is 73.8 cm³/mol. The monoisotopic (exact) mass is 256 g/mol. The zero-order valence-electron chi connectivity index (χ0n) is 10.6. The Kier molecular flexibility index (Phi) is 3.11. The van der Waals surface area contributed by atoms with Crippen molar-refractivity contribution in [2.24, 2.45) is 0 Å². The van der Waals surface area contributed by atoms with E-state index in [4.69, 9.17) is 4.74 Å². The maximum Gasteiger partial charge on any atom is 0.339 e. The zero-order valence-corrected chi connectivity index (χ0v) is 10.6. The highest BCUT2D eigenvalue weighted by atomic mass is 16.5. The number of fused-ring (bicyclic) bond motifs is 1. The van der Waals surface area contributed by atoms with Gasteiger partial charge in [-0.15, -0.1) is 0 Å². The van der Waals surface area contributed by atoms with Crippen LogP contribution in [0.2, 0.25) is 0 Å². The molecule has 0 atom stereocenters. The van der Waals surface area contributed by atoms with Crippen molar-refractivity contribution in [1.29, 1.82) is 0 Å². The van der Waals surface area contributed by atoms with E-state index in [1.165, 1.54) is 12.8 Å². The van der Waals surface area contributed by atoms with Gasteiger partial charge in [-0.05, 0) is 48.6 Å². The lowest BCUT2D eigenvalue weighted by Gasteiger charge is -2.15. The molecule has 0 aromatic heterocycles. The molecule has 19 heavy (non-hydrogen) atoms. The van der Waals surface area contributed by atoms with Crippen LogP contribution in [0.15, 0.2) is 36.4 Å². The number of carboxylic acid groups (broad SMARTS) is 1. The summed E-state index contributed by atoms with van der Waals surface area (Å²) in [5, 5.41) is 11.3. The van der Waals surface area contributed by atoms with E-state index in [0.717, 1.165) is 23.6 Å². The highest BCUT2D eigenvalue weighted by Gasteiger charge is 2.20. The highest BCUT2D eigenvalue weighted by molar-refractivity contribution is 5.97. The molecule has 0 spiro atoms. The molecule has 1 aliphatic rings. The molecular formula is C16H16O3. The van der Waals surface area contributed by atoms with Crippen LogP contribution >= 0.6 is 0 Å². The maximum atomic E-state index is 11.4. The van der Waals surface area contributed by atoms with E-state index in [-0.39, 0.29) is 11.7 Å². The minimum absolute atomic E-state index is 0.166. The lowest BCUT2D eigenvalue weighted by atomic mass is 10.1. The number of rotatable bonds is 3. The summed E-state index contributed by atoms with van der Waals surface area (Å²) in [5.74, 6) is -0.433. The third-order valence-corrected chi connectivity index (χ3v) is 3.67. The molecule has 3 rings (SSSR count). The highest BCUT2D eigenvalue weighted by Crippen LogP contribution is 2.30. The SMILES string of the molecule is O=C(O)c1cc2ccccc2cc1OC1CCCC1. The number of hydrogen-bond donors (Lipinski definition) is 1. The largest absolute Gasteiger partial charge is 0.490 e. The molecule has 0 amide bonds. The van der Waals surface area contributed by atoms with Crippen LogP contribution in [0.4, 0.5) is 0 Å². The first-order valence-electron chi connectivity index (χ1n) is 6.67. The molecule has 0 aliphatic heterocycles. The first-order chi connectivity index (χ1) is 9.24. The predicted octanol–water partition coefficient (Wildman–Crippen LogP) is 3.86. The van der Waals surface area contributed by atoms with Crippen LogP contribution in [0.3, 0.4) is 0 Å². The van der Waals surface area contributed by atoms with Gasteiger partial charge in [0, 0.05) is 0 Å². The lowest BCUT2D eigenvalue weighted by Crippen LogP contribution is -2.13. The molecule has 1 fully saturated rings. The number of carbonyl (C=O) groups is 1. The normalized spacial score (nSPS) is 15.8. The molecule has 3 heteroatoms. The summed E-state index contributed by atoms with van der Waals surface area (Å²) < 4.78 is 5.90. The van der Waals surface area contributed by atoms with Gasteiger partial charge < -0.3 is 9.84 Å². The van der Waals surface area contributed by atoms with Gasteiger partial charge in [-0.2, -0.15) is 0 Å². The van der Waals surface area contributed by atoms with Crippen LogP contribution in [0.5, 0.6) is 5.75 Å². The van der Waals surface area contributed by atoms with E-state index >= 15 is 0 Å². The first kappa shape index (κ1) is 12.0. The van der Waals surface area contributed by atoms with Crippen molar-refractivity contribution < 1.29 is 14.6 Å². The Morgan fingerprint density at radius 2 is 1.74 bits per heavy atom. The average Bonchev–Trinajstić information content (AvgIpc) is 2.90. The van der Waals surface area contributed by atoms with Crippen molar-refractivity contribution in [2.45, 2.75) is 31.8 Å². The van der Waals surface area contributed by atoms with Gasteiger partial charge in [-0.1, -0.05) is 24.3 Å². The van der Waals surface area contributed by atoms with Crippen molar-refractivity contribution in [2.75, 3.05) is 0 Å². The molecule has 0 heterocycles. The van der Waals surface area contributed by atoms with E-state index in [1.807, 2.05) is 30.3 Å². The Bertz CT molecular complexity index is 612. The molecule has 0 bridgehead atoms. The van der Waals surface area contributed by atoms with E-state index in [9.17, 15) is 9.90 Å². The summed E-state index contributed by atoms with van der Waals surface area (Å²) >= 11 is 0. The van der Waals surface area contributed by atoms with Gasteiger partial charge >= 0.3 is 5.97 Å². The van der Waals surface area contributed by atoms with Crippen LogP contribution in [0.25, 0.3) is 10.8 Å². The Balaban J connectivity index is 2.04. The molecule has 0 radical (unpaired) electrons. The van der Waals surface area contributed by atoms with Gasteiger partial charge in [0.1, 0.15) is 11.3 Å². The van der Waals surface area contributed by atoms with Gasteiger partial charge in [0.25, 0.3) is 0 Å². The average molecular weight is 256 g/mol. The maximum absolute atomic E-state index is 11.4. The standard InChI is InChI=1S/C16H16O3/c17-16(18)14-9-11-5-1-2-6-12(11)10-15(14)19-13-7-3-4-8-13/h1-2,5-6,9-10,13H,3-4,7-8H2,(H,17,18). The summed E-state index contributed by atoms with van der Waals surface area (Å²) in [6.07, 6.45) is 4.54. The summed E-state index contributed by atoms with van der Waals surface area (Å²) in [6, 6.07) is 11.3. The van der Waals surface area contributed by atoms with Gasteiger partial charge in [0.15, 0.2) is 0 Å². The molecule has 1 aliphatic carbocycles. The number of carboxylic acids is 1. The van der Waals surface area contributed by atoms with E-state index < -0.39 is 5.97 Å². The molecular weight excluding hydrogens is 240 g/mol. The summed E-state index contributed by atoms with van der Waals surface area (Å²) in [4.78, 5) is 11.4. The summed E-state index contributed by atoms with van der Waals surface area (Å²) in [5.41, 5.74) is 0.255. The van der Waals surface area contributed by atoms with E-state index in [2.05, 4.69) is 0 Å². The Hall–Kier alpha value is -2.03. The Labute approximate surface area is 111 Å². The minimum Gasteiger partial charge on any atom is -0.490 e. The van der Waals surface area contributed by atoms with Gasteiger partial charge in [0.2, 0.25) is 0 Å². The van der Waals surface area contributed by atoms with Gasteiger partial charge in [-0.3, -0.25) is 0 Å². The van der Waals surface area contributed by atoms with E-state index in [1.54, 1.807) is 6.07 Å². The molecule has 2 aromatic rings. The van der Waals surface area contributed by atoms with Crippen LogP contribution < -0.4 is 4.74 Å². The fraction of sp³-hybridized carbons (Fsp3) is 0.312. The van der Waals surface area contributed by atoms with Crippen molar-refractivity contribution in [3.63, 3.8) is 0 Å². The fourth-order valence-corrected chi connectivity index (χ4v) is 2.67. The van der Waals surface area contributed by atoms with Crippen LogP contribution in [0, 0.1) is 0 Å². The molecule has 98 valence electrons. The number of benzene rings is 2. The molecule has 0 saturated heterocycles. The summed E-state index contributed by atoms with van der Waals surface area (Å²) in [7, 11) is 0. The Morgan fingerprint density at radius 1 is 1.11 bits per heavy atom. The van der Waals surface area contributed by atoms with E-state index in [0.29, 0.717) is 5.75 Å². The van der Waals surface area contributed by atoms with Crippen molar-refractivity contribution in [3.05, 3.63) is 42.0 Å². The number of aromatic carboxylic acids is 1. The Morgan fingerprint density at radius 3 is 2.37 bits per heavy atom. The quantitative estimate of drug-likeness (QED) is 0.907. The van der Waals surface area contributed by atoms with Gasteiger partial charge in [0.05, 0.1) is 6.10 Å². The third-order valence-electron chi connectivity index (χ3n) is 3.67. The second-order valence-corrected chi connectivity index (χ2v) is 5.02. The summed E-state index contributed by atoms with van der Waals surface area (Å²) in [6.45, 7) is 0. The van der Waals surface area contributed by atoms with Gasteiger partial charge in [-0.25, -0.2) is 4.79 Å². The smallest absolute Gasteiger partial charge is 0.339 e. The zero-order chi connectivity index (χ0) is 13.2. The molecule has 2 aromatic carbocycles. The topological polar surface area (TPSA) is 46.5 Å². The molecule has 3 nitrogen and oxygen atoms in total. The minimum atomic E-state index is -0.932. The second kappa shape index (κ2) is 4.92. The van der Waals surface area contributed by atoms with Crippen LogP contribution in [-0.4, -0.2) is 17.2 Å². The van der Waals surface area contributed by atoms with Crippen molar-refractivity contribution >= 4 is 16.7 Å². The first-order valence-corrected chi connectivity index (χ1v) is 6.67. The molecule has 1 N–H and O–H groups in total. The second-order valence-electron chi connectivity index (χ2n) is 5.02. The molecule has 1 saturated carbocycles. The number of hydrogen-bond acceptors (Lipinski definition) is 2. The van der Waals surface area contributed by atoms with Crippen LogP contribution in [0.1, 0.15) is 36.0 Å². The lowest BCUT2D eigenvalue weighted by molar-refractivity contribution is 0.0689. The number of ether oxygens (including phenoxy) is 1. The third kappa shape index (κ3) is 2.41. The van der Waals surface area contributed by atoms with Crippen LogP contribution in [-0.2, 0) is 0 Å². The van der Waals surface area contributed by atoms with Crippen molar-refractivity contribution in [3.8, 4) is 5.75 Å². The fourth-order valence-electron chi connectivity index (χ4n) is 2.67. The van der Waals surface area contributed by atoms with Crippen molar-refractivity contribution in [1.82, 2.24) is 0 Å².